The van der Waals surface area contributed by atoms with Gasteiger partial charge in [-0.1, -0.05) is 28.1 Å². The van der Waals surface area contributed by atoms with Crippen molar-refractivity contribution in [2.75, 3.05) is 32.2 Å². The van der Waals surface area contributed by atoms with E-state index in [0.29, 0.717) is 23.6 Å². The van der Waals surface area contributed by atoms with Crippen LogP contribution in [-0.4, -0.2) is 50.8 Å². The number of halogens is 1. The summed E-state index contributed by atoms with van der Waals surface area (Å²) in [4.78, 5) is 35.3. The molecule has 2 aromatic carbocycles. The van der Waals surface area contributed by atoms with Crippen molar-refractivity contribution < 1.29 is 23.9 Å². The molecule has 0 heterocycles. The number of aryl methyl sites for hydroxylation is 1. The molecular formula is C21H23BrN4O5. The van der Waals surface area contributed by atoms with Crippen LogP contribution in [0.3, 0.4) is 0 Å². The molecule has 0 atom stereocenters. The molecule has 0 fully saturated rings. The lowest BCUT2D eigenvalue weighted by molar-refractivity contribution is -0.139. The molecule has 0 spiro atoms. The maximum absolute atomic E-state index is 12.1. The number of rotatable bonds is 9. The molecular weight excluding hydrogens is 468 g/mol. The lowest BCUT2D eigenvalue weighted by Crippen LogP contribution is -2.39. The molecule has 0 bridgehead atoms. The second-order valence-corrected chi connectivity index (χ2v) is 7.23. The first-order chi connectivity index (χ1) is 14.9. The zero-order valence-corrected chi connectivity index (χ0v) is 18.7. The molecule has 0 aliphatic rings. The third kappa shape index (κ3) is 8.57. The van der Waals surface area contributed by atoms with Crippen LogP contribution >= 0.6 is 15.9 Å². The number of carbonyl (C=O) groups excluding carboxylic acids is 3. The van der Waals surface area contributed by atoms with Gasteiger partial charge in [0.1, 0.15) is 5.75 Å². The lowest BCUT2D eigenvalue weighted by Gasteiger charge is -2.10. The predicted molar refractivity (Wildman–Crippen MR) is 120 cm³/mol. The van der Waals surface area contributed by atoms with Crippen molar-refractivity contribution in [3.8, 4) is 5.75 Å². The Morgan fingerprint density at radius 3 is 2.68 bits per heavy atom. The molecule has 0 aliphatic heterocycles. The molecule has 2 aromatic rings. The van der Waals surface area contributed by atoms with Crippen LogP contribution in [0, 0.1) is 6.92 Å². The Kier molecular flexibility index (Phi) is 9.66. The van der Waals surface area contributed by atoms with E-state index in [1.807, 2.05) is 19.1 Å². The zero-order chi connectivity index (χ0) is 22.6. The van der Waals surface area contributed by atoms with Gasteiger partial charge in [0, 0.05) is 23.8 Å². The van der Waals surface area contributed by atoms with Crippen LogP contribution in [0.2, 0.25) is 0 Å². The second kappa shape index (κ2) is 12.5. The Morgan fingerprint density at radius 2 is 1.94 bits per heavy atom. The number of carbonyl (C=O) groups is 3. The summed E-state index contributed by atoms with van der Waals surface area (Å²) in [5.41, 5.74) is 4.38. The first-order valence-electron chi connectivity index (χ1n) is 9.28. The Morgan fingerprint density at radius 1 is 1.13 bits per heavy atom. The van der Waals surface area contributed by atoms with E-state index in [-0.39, 0.29) is 19.1 Å². The highest BCUT2D eigenvalue weighted by atomic mass is 79.9. The number of hydrogen-bond acceptors (Lipinski definition) is 6. The summed E-state index contributed by atoms with van der Waals surface area (Å²) in [6.07, 6.45) is 1.36. The third-order valence-corrected chi connectivity index (χ3v) is 4.36. The summed E-state index contributed by atoms with van der Waals surface area (Å²) in [6.45, 7) is 2.25. The van der Waals surface area contributed by atoms with E-state index in [9.17, 15) is 14.4 Å². The molecule has 0 aromatic heterocycles. The maximum Gasteiger partial charge on any atom is 0.329 e. The summed E-state index contributed by atoms with van der Waals surface area (Å²) in [5, 5.41) is 8.92. The number of hydrazone groups is 1. The predicted octanol–water partition coefficient (Wildman–Crippen LogP) is 1.99. The second-order valence-electron chi connectivity index (χ2n) is 6.32. The SMILES string of the molecule is COCCNC(=O)C(=O)N/N=C\c1cccc(OCC(=O)Nc2ccc(Br)cc2C)c1. The van der Waals surface area contributed by atoms with E-state index in [2.05, 4.69) is 37.1 Å². The summed E-state index contributed by atoms with van der Waals surface area (Å²) in [7, 11) is 1.49. The van der Waals surface area contributed by atoms with Gasteiger partial charge < -0.3 is 20.1 Å². The van der Waals surface area contributed by atoms with Crippen LogP contribution in [0.4, 0.5) is 5.69 Å². The van der Waals surface area contributed by atoms with E-state index in [1.54, 1.807) is 30.3 Å². The van der Waals surface area contributed by atoms with Gasteiger partial charge in [-0.05, 0) is 48.4 Å². The van der Waals surface area contributed by atoms with Crippen molar-refractivity contribution in [1.29, 1.82) is 0 Å². The van der Waals surface area contributed by atoms with Gasteiger partial charge in [-0.2, -0.15) is 5.10 Å². The molecule has 0 saturated carbocycles. The van der Waals surface area contributed by atoms with Gasteiger partial charge in [-0.15, -0.1) is 0 Å². The molecule has 3 N–H and O–H groups in total. The molecule has 164 valence electrons. The zero-order valence-electron chi connectivity index (χ0n) is 17.1. The fourth-order valence-corrected chi connectivity index (χ4v) is 2.83. The summed E-state index contributed by atoms with van der Waals surface area (Å²) in [6, 6.07) is 12.3. The molecule has 2 rings (SSSR count). The Labute approximate surface area is 188 Å². The van der Waals surface area contributed by atoms with Crippen molar-refractivity contribution in [3.63, 3.8) is 0 Å². The van der Waals surface area contributed by atoms with E-state index in [4.69, 9.17) is 9.47 Å². The van der Waals surface area contributed by atoms with Crippen LogP contribution in [0.15, 0.2) is 52.0 Å². The number of anilines is 1. The first-order valence-corrected chi connectivity index (χ1v) is 10.1. The Hall–Kier alpha value is -3.24. The fraction of sp³-hybridized carbons (Fsp3) is 0.238. The van der Waals surface area contributed by atoms with Crippen molar-refractivity contribution in [2.45, 2.75) is 6.92 Å². The molecule has 0 saturated heterocycles. The van der Waals surface area contributed by atoms with E-state index in [1.165, 1.54) is 13.3 Å². The van der Waals surface area contributed by atoms with Gasteiger partial charge in [0.2, 0.25) is 0 Å². The minimum Gasteiger partial charge on any atom is -0.484 e. The Balaban J connectivity index is 1.83. The topological polar surface area (TPSA) is 118 Å². The van der Waals surface area contributed by atoms with Gasteiger partial charge >= 0.3 is 11.8 Å². The van der Waals surface area contributed by atoms with Crippen LogP contribution < -0.4 is 20.8 Å². The molecule has 10 heteroatoms. The van der Waals surface area contributed by atoms with Gasteiger partial charge in [-0.25, -0.2) is 5.43 Å². The minimum atomic E-state index is -0.889. The average molecular weight is 491 g/mol. The summed E-state index contributed by atoms with van der Waals surface area (Å²) < 4.78 is 11.2. The number of nitrogens with zero attached hydrogens (tertiary/aromatic N) is 1. The normalized spacial score (nSPS) is 10.5. The summed E-state index contributed by atoms with van der Waals surface area (Å²) in [5.74, 6) is -1.54. The lowest BCUT2D eigenvalue weighted by atomic mass is 10.2. The Bertz CT molecular complexity index is 965. The van der Waals surface area contributed by atoms with Crippen molar-refractivity contribution in [1.82, 2.24) is 10.7 Å². The first kappa shape index (κ1) is 24.0. The van der Waals surface area contributed by atoms with Crippen LogP contribution in [0.5, 0.6) is 5.75 Å². The number of benzene rings is 2. The molecule has 9 nitrogen and oxygen atoms in total. The molecule has 0 radical (unpaired) electrons. The van der Waals surface area contributed by atoms with Crippen LogP contribution in [0.1, 0.15) is 11.1 Å². The van der Waals surface area contributed by atoms with E-state index >= 15 is 0 Å². The van der Waals surface area contributed by atoms with Gasteiger partial charge in [-0.3, -0.25) is 14.4 Å². The van der Waals surface area contributed by atoms with Crippen molar-refractivity contribution in [2.24, 2.45) is 5.10 Å². The molecule has 0 unspecified atom stereocenters. The monoisotopic (exact) mass is 490 g/mol. The van der Waals surface area contributed by atoms with Crippen LogP contribution in [-0.2, 0) is 19.1 Å². The number of methoxy groups -OCH3 is 1. The third-order valence-electron chi connectivity index (χ3n) is 3.87. The van der Waals surface area contributed by atoms with Gasteiger partial charge in [0.15, 0.2) is 6.61 Å². The van der Waals surface area contributed by atoms with Gasteiger partial charge in [0.25, 0.3) is 5.91 Å². The molecule has 3 amide bonds. The molecule has 0 aliphatic carbocycles. The van der Waals surface area contributed by atoms with E-state index < -0.39 is 11.8 Å². The van der Waals surface area contributed by atoms with E-state index in [0.717, 1.165) is 10.0 Å². The number of hydrogen-bond donors (Lipinski definition) is 3. The highest BCUT2D eigenvalue weighted by Gasteiger charge is 2.11. The van der Waals surface area contributed by atoms with Crippen LogP contribution in [0.25, 0.3) is 0 Å². The number of ether oxygens (including phenoxy) is 2. The minimum absolute atomic E-state index is 0.172. The highest BCUT2D eigenvalue weighted by molar-refractivity contribution is 9.10. The number of nitrogens with one attached hydrogen (secondary N) is 3. The van der Waals surface area contributed by atoms with Crippen molar-refractivity contribution in [3.05, 3.63) is 58.1 Å². The largest absolute Gasteiger partial charge is 0.484 e. The fourth-order valence-electron chi connectivity index (χ4n) is 2.35. The average Bonchev–Trinajstić information content (AvgIpc) is 2.74. The molecule has 31 heavy (non-hydrogen) atoms. The maximum atomic E-state index is 12.1. The smallest absolute Gasteiger partial charge is 0.329 e. The quantitative estimate of drug-likeness (QED) is 0.215. The highest BCUT2D eigenvalue weighted by Crippen LogP contribution is 2.20. The van der Waals surface area contributed by atoms with Gasteiger partial charge in [0.05, 0.1) is 12.8 Å². The summed E-state index contributed by atoms with van der Waals surface area (Å²) >= 11 is 3.38. The number of amides is 3. The van der Waals surface area contributed by atoms with Crippen molar-refractivity contribution >= 4 is 45.6 Å². The standard InChI is InChI=1S/C21H23BrN4O5/c1-14-10-16(22)6-7-18(14)25-19(27)13-31-17-5-3-4-15(11-17)12-24-26-21(29)20(28)23-8-9-30-2/h3-7,10-12H,8-9,13H2,1-2H3,(H,23,28)(H,25,27)(H,26,29)/b24-12-.